The third-order valence-corrected chi connectivity index (χ3v) is 2.49. The van der Waals surface area contributed by atoms with Gasteiger partial charge in [-0.25, -0.2) is 0 Å². The highest BCUT2D eigenvalue weighted by atomic mass is 16.5. The van der Waals surface area contributed by atoms with Crippen LogP contribution < -0.4 is 4.74 Å². The molecule has 0 aliphatic carbocycles. The van der Waals surface area contributed by atoms with Crippen LogP contribution >= 0.6 is 0 Å². The first-order valence-electron chi connectivity index (χ1n) is 4.98. The zero-order chi connectivity index (χ0) is 12.1. The SMILES string of the molecule is COC(=O)C[C@H](O)c1cccc(OC)c1C. The van der Waals surface area contributed by atoms with Gasteiger partial charge in [-0.05, 0) is 24.1 Å². The number of carbonyl (C=O) groups excluding carboxylic acids is 1. The Morgan fingerprint density at radius 3 is 2.69 bits per heavy atom. The topological polar surface area (TPSA) is 55.8 Å². The van der Waals surface area contributed by atoms with Crippen LogP contribution in [0, 0.1) is 6.92 Å². The van der Waals surface area contributed by atoms with Gasteiger partial charge in [-0.3, -0.25) is 4.79 Å². The van der Waals surface area contributed by atoms with Crippen molar-refractivity contribution < 1.29 is 19.4 Å². The summed E-state index contributed by atoms with van der Waals surface area (Å²) in [6.07, 6.45) is -0.910. The zero-order valence-electron chi connectivity index (χ0n) is 9.69. The van der Waals surface area contributed by atoms with Crippen molar-refractivity contribution in [3.63, 3.8) is 0 Å². The first kappa shape index (κ1) is 12.5. The quantitative estimate of drug-likeness (QED) is 0.789. The Bertz CT molecular complexity index is 373. The molecule has 0 aliphatic rings. The molecule has 4 heteroatoms. The minimum absolute atomic E-state index is 0.0511. The molecule has 16 heavy (non-hydrogen) atoms. The number of rotatable bonds is 4. The number of ether oxygens (including phenoxy) is 2. The van der Waals surface area contributed by atoms with Crippen molar-refractivity contribution in [2.45, 2.75) is 19.4 Å². The molecule has 0 aromatic heterocycles. The molecule has 1 aromatic rings. The molecule has 0 spiro atoms. The highest BCUT2D eigenvalue weighted by Gasteiger charge is 2.16. The number of carbonyl (C=O) groups is 1. The van der Waals surface area contributed by atoms with Crippen LogP contribution in [0.4, 0.5) is 0 Å². The van der Waals surface area contributed by atoms with Gasteiger partial charge in [0, 0.05) is 0 Å². The van der Waals surface area contributed by atoms with Gasteiger partial charge < -0.3 is 14.6 Å². The summed E-state index contributed by atoms with van der Waals surface area (Å²) in [5.74, 6) is 0.260. The monoisotopic (exact) mass is 224 g/mol. The Morgan fingerprint density at radius 2 is 2.12 bits per heavy atom. The average molecular weight is 224 g/mol. The fourth-order valence-corrected chi connectivity index (χ4v) is 1.56. The molecule has 1 aromatic carbocycles. The van der Waals surface area contributed by atoms with Gasteiger partial charge in [0.05, 0.1) is 26.7 Å². The maximum Gasteiger partial charge on any atom is 0.308 e. The van der Waals surface area contributed by atoms with E-state index < -0.39 is 12.1 Å². The molecule has 1 N–H and O–H groups in total. The molecule has 0 saturated heterocycles. The fourth-order valence-electron chi connectivity index (χ4n) is 1.56. The fraction of sp³-hybridized carbons (Fsp3) is 0.417. The van der Waals surface area contributed by atoms with E-state index >= 15 is 0 Å². The molecule has 0 unspecified atom stereocenters. The van der Waals surface area contributed by atoms with Crippen LogP contribution in [-0.4, -0.2) is 25.3 Å². The van der Waals surface area contributed by atoms with Crippen LogP contribution in [0.15, 0.2) is 18.2 Å². The molecule has 0 radical (unpaired) electrons. The Morgan fingerprint density at radius 1 is 1.44 bits per heavy atom. The van der Waals surface area contributed by atoms with Crippen LogP contribution in [0.1, 0.15) is 23.7 Å². The Balaban J connectivity index is 2.91. The predicted molar refractivity (Wildman–Crippen MR) is 59.3 cm³/mol. The first-order chi connectivity index (χ1) is 7.60. The molecule has 1 rings (SSSR count). The van der Waals surface area contributed by atoms with E-state index in [0.717, 1.165) is 5.56 Å². The van der Waals surface area contributed by atoms with Crippen molar-refractivity contribution in [3.8, 4) is 5.75 Å². The number of hydrogen-bond acceptors (Lipinski definition) is 4. The Labute approximate surface area is 94.8 Å². The average Bonchev–Trinajstić information content (AvgIpc) is 2.29. The lowest BCUT2D eigenvalue weighted by Gasteiger charge is -2.14. The molecule has 0 heterocycles. The molecule has 0 amide bonds. The van der Waals surface area contributed by atoms with E-state index in [-0.39, 0.29) is 6.42 Å². The van der Waals surface area contributed by atoms with Crippen molar-refractivity contribution >= 4 is 5.97 Å². The number of hydrogen-bond donors (Lipinski definition) is 1. The number of benzene rings is 1. The Hall–Kier alpha value is -1.55. The summed E-state index contributed by atoms with van der Waals surface area (Å²) in [6, 6.07) is 5.36. The molecule has 1 atom stereocenters. The van der Waals surface area contributed by atoms with Crippen molar-refractivity contribution in [2.24, 2.45) is 0 Å². The van der Waals surface area contributed by atoms with Crippen molar-refractivity contribution in [1.82, 2.24) is 0 Å². The van der Waals surface area contributed by atoms with Crippen molar-refractivity contribution in [1.29, 1.82) is 0 Å². The molecular weight excluding hydrogens is 208 g/mol. The molecule has 0 saturated carbocycles. The highest BCUT2D eigenvalue weighted by molar-refractivity contribution is 5.70. The highest BCUT2D eigenvalue weighted by Crippen LogP contribution is 2.27. The summed E-state index contributed by atoms with van der Waals surface area (Å²) in [4.78, 5) is 11.0. The second-order valence-corrected chi connectivity index (χ2v) is 3.47. The van der Waals surface area contributed by atoms with Crippen LogP contribution in [0.25, 0.3) is 0 Å². The molecule has 0 bridgehead atoms. The number of esters is 1. The lowest BCUT2D eigenvalue weighted by atomic mass is 10.0. The summed E-state index contributed by atoms with van der Waals surface area (Å²) in [5.41, 5.74) is 1.52. The molecule has 0 aliphatic heterocycles. The van der Waals surface area contributed by atoms with Crippen LogP contribution in [0.3, 0.4) is 0 Å². The van der Waals surface area contributed by atoms with E-state index in [1.807, 2.05) is 13.0 Å². The Kier molecular flexibility index (Phi) is 4.31. The van der Waals surface area contributed by atoms with Gasteiger partial charge >= 0.3 is 5.97 Å². The van der Waals surface area contributed by atoms with E-state index in [1.54, 1.807) is 19.2 Å². The summed E-state index contributed by atoms with van der Waals surface area (Å²) in [5, 5.41) is 9.87. The molecule has 0 fully saturated rings. The second kappa shape index (κ2) is 5.51. The van der Waals surface area contributed by atoms with Crippen molar-refractivity contribution in [2.75, 3.05) is 14.2 Å². The van der Waals surface area contributed by atoms with Gasteiger partial charge in [-0.15, -0.1) is 0 Å². The van der Waals surface area contributed by atoms with Gasteiger partial charge in [0.15, 0.2) is 0 Å². The lowest BCUT2D eigenvalue weighted by Crippen LogP contribution is -2.09. The van der Waals surface area contributed by atoms with E-state index in [2.05, 4.69) is 4.74 Å². The lowest BCUT2D eigenvalue weighted by molar-refractivity contribution is -0.142. The molecular formula is C12H16O4. The molecule has 4 nitrogen and oxygen atoms in total. The summed E-state index contributed by atoms with van der Waals surface area (Å²) >= 11 is 0. The third-order valence-electron chi connectivity index (χ3n) is 2.49. The largest absolute Gasteiger partial charge is 0.496 e. The first-order valence-corrected chi connectivity index (χ1v) is 4.98. The summed E-state index contributed by atoms with van der Waals surface area (Å²) in [6.45, 7) is 1.84. The minimum atomic E-state index is -0.859. The van der Waals surface area contributed by atoms with Gasteiger partial charge in [0.1, 0.15) is 5.75 Å². The second-order valence-electron chi connectivity index (χ2n) is 3.47. The van der Waals surface area contributed by atoms with Gasteiger partial charge in [-0.2, -0.15) is 0 Å². The maximum absolute atomic E-state index is 11.0. The van der Waals surface area contributed by atoms with E-state index in [0.29, 0.717) is 11.3 Å². The zero-order valence-corrected chi connectivity index (χ0v) is 9.69. The van der Waals surface area contributed by atoms with E-state index in [4.69, 9.17) is 4.74 Å². The minimum Gasteiger partial charge on any atom is -0.496 e. The third kappa shape index (κ3) is 2.73. The van der Waals surface area contributed by atoms with Crippen LogP contribution in [0.5, 0.6) is 5.75 Å². The predicted octanol–water partition coefficient (Wildman–Crippen LogP) is 1.60. The van der Waals surface area contributed by atoms with Crippen LogP contribution in [0.2, 0.25) is 0 Å². The molecule has 88 valence electrons. The smallest absolute Gasteiger partial charge is 0.308 e. The van der Waals surface area contributed by atoms with Gasteiger partial charge in [-0.1, -0.05) is 12.1 Å². The number of aliphatic hydroxyl groups excluding tert-OH is 1. The normalized spacial score (nSPS) is 12.0. The van der Waals surface area contributed by atoms with E-state index in [9.17, 15) is 9.90 Å². The van der Waals surface area contributed by atoms with Crippen molar-refractivity contribution in [3.05, 3.63) is 29.3 Å². The van der Waals surface area contributed by atoms with Crippen LogP contribution in [-0.2, 0) is 9.53 Å². The number of aliphatic hydroxyl groups is 1. The summed E-state index contributed by atoms with van der Waals surface area (Å²) in [7, 11) is 2.87. The van der Waals surface area contributed by atoms with Gasteiger partial charge in [0.25, 0.3) is 0 Å². The standard InChI is InChI=1S/C12H16O4/c1-8-9(5-4-6-11(8)15-2)10(13)7-12(14)16-3/h4-6,10,13H,7H2,1-3H3/t10-/m0/s1. The van der Waals surface area contributed by atoms with E-state index in [1.165, 1.54) is 7.11 Å². The maximum atomic E-state index is 11.0. The summed E-state index contributed by atoms with van der Waals surface area (Å²) < 4.78 is 9.65. The number of methoxy groups -OCH3 is 2. The van der Waals surface area contributed by atoms with Gasteiger partial charge in [0.2, 0.25) is 0 Å².